The second kappa shape index (κ2) is 7.44. The second-order valence-corrected chi connectivity index (χ2v) is 4.19. The Kier molecular flexibility index (Phi) is 6.22. The Hall–Kier alpha value is -1.34. The van der Waals surface area contributed by atoms with Crippen molar-refractivity contribution in [3.05, 3.63) is 29.6 Å². The predicted octanol–water partition coefficient (Wildman–Crippen LogP) is 3.06. The van der Waals surface area contributed by atoms with E-state index in [2.05, 4.69) is 10.1 Å². The third kappa shape index (κ3) is 5.34. The third-order valence-corrected chi connectivity index (χ3v) is 2.74. The third-order valence-electron chi connectivity index (χ3n) is 2.74. The summed E-state index contributed by atoms with van der Waals surface area (Å²) in [7, 11) is 3.01. The molecule has 0 aromatic heterocycles. The van der Waals surface area contributed by atoms with Gasteiger partial charge < -0.3 is 14.8 Å². The highest BCUT2D eigenvalue weighted by Crippen LogP contribution is 2.24. The highest BCUT2D eigenvalue weighted by molar-refractivity contribution is 5.31. The molecule has 0 heterocycles. The lowest BCUT2D eigenvalue weighted by molar-refractivity contribution is -0.174. The zero-order valence-electron chi connectivity index (χ0n) is 11.3. The van der Waals surface area contributed by atoms with Crippen molar-refractivity contribution in [3.8, 4) is 5.75 Å². The molecule has 7 heteroatoms. The van der Waals surface area contributed by atoms with Crippen LogP contribution < -0.4 is 10.1 Å². The van der Waals surface area contributed by atoms with Crippen molar-refractivity contribution in [2.75, 3.05) is 27.4 Å². The van der Waals surface area contributed by atoms with Crippen LogP contribution in [0.5, 0.6) is 5.75 Å². The Morgan fingerprint density at radius 2 is 2.00 bits per heavy atom. The summed E-state index contributed by atoms with van der Waals surface area (Å²) in [5.41, 5.74) is 0.626. The number of benzene rings is 1. The maximum absolute atomic E-state index is 13.6. The van der Waals surface area contributed by atoms with E-state index >= 15 is 0 Å². The van der Waals surface area contributed by atoms with Crippen LogP contribution in [0.3, 0.4) is 0 Å². The van der Waals surface area contributed by atoms with Crippen LogP contribution in [0.15, 0.2) is 18.2 Å². The SMILES string of the molecule is CNC(CCOCC(F)(F)F)c1ccc(OC)c(F)c1. The summed E-state index contributed by atoms with van der Waals surface area (Å²) >= 11 is 0. The molecule has 0 bridgehead atoms. The first-order valence-corrected chi connectivity index (χ1v) is 6.02. The van der Waals surface area contributed by atoms with Gasteiger partial charge in [-0.1, -0.05) is 6.07 Å². The van der Waals surface area contributed by atoms with Gasteiger partial charge in [0, 0.05) is 12.6 Å². The molecule has 1 rings (SSSR count). The molecule has 1 aromatic rings. The summed E-state index contributed by atoms with van der Waals surface area (Å²) in [6, 6.07) is 4.14. The van der Waals surface area contributed by atoms with Crippen LogP contribution in [-0.2, 0) is 4.74 Å². The average molecular weight is 295 g/mol. The quantitative estimate of drug-likeness (QED) is 0.619. The maximum atomic E-state index is 13.6. The summed E-state index contributed by atoms with van der Waals surface area (Å²) in [5.74, 6) is -0.390. The van der Waals surface area contributed by atoms with Crippen molar-refractivity contribution >= 4 is 0 Å². The molecular weight excluding hydrogens is 278 g/mol. The first kappa shape index (κ1) is 16.7. The second-order valence-electron chi connectivity index (χ2n) is 4.19. The van der Waals surface area contributed by atoms with E-state index in [1.807, 2.05) is 0 Å². The first-order valence-electron chi connectivity index (χ1n) is 6.02. The standard InChI is InChI=1S/C13H17F4NO2/c1-18-11(5-6-20-8-13(15,16)17)9-3-4-12(19-2)10(14)7-9/h3-4,7,11,18H,5-6,8H2,1-2H3. The fourth-order valence-electron chi connectivity index (χ4n) is 1.77. The number of halogens is 4. The molecule has 3 nitrogen and oxygen atoms in total. The Bertz CT molecular complexity index is 423. The van der Waals surface area contributed by atoms with Crippen molar-refractivity contribution < 1.29 is 27.0 Å². The molecule has 1 atom stereocenters. The van der Waals surface area contributed by atoms with Crippen LogP contribution >= 0.6 is 0 Å². The van der Waals surface area contributed by atoms with Crippen molar-refractivity contribution in [1.29, 1.82) is 0 Å². The fourth-order valence-corrected chi connectivity index (χ4v) is 1.77. The van der Waals surface area contributed by atoms with Crippen LogP contribution in [0.4, 0.5) is 17.6 Å². The van der Waals surface area contributed by atoms with Crippen molar-refractivity contribution in [2.24, 2.45) is 0 Å². The van der Waals surface area contributed by atoms with Crippen molar-refractivity contribution in [2.45, 2.75) is 18.6 Å². The van der Waals surface area contributed by atoms with Gasteiger partial charge in [-0.2, -0.15) is 13.2 Å². The zero-order valence-corrected chi connectivity index (χ0v) is 11.3. The molecular formula is C13H17F4NO2. The van der Waals surface area contributed by atoms with Crippen LogP contribution in [0, 0.1) is 5.82 Å². The normalized spacial score (nSPS) is 13.3. The van der Waals surface area contributed by atoms with Gasteiger partial charge in [0.15, 0.2) is 11.6 Å². The molecule has 1 aromatic carbocycles. The van der Waals surface area contributed by atoms with E-state index in [4.69, 9.17) is 4.74 Å². The van der Waals surface area contributed by atoms with Gasteiger partial charge in [-0.05, 0) is 31.2 Å². The van der Waals surface area contributed by atoms with E-state index in [-0.39, 0.29) is 18.4 Å². The molecule has 20 heavy (non-hydrogen) atoms. The van der Waals surface area contributed by atoms with Crippen LogP contribution in [0.1, 0.15) is 18.0 Å². The Morgan fingerprint density at radius 1 is 1.30 bits per heavy atom. The smallest absolute Gasteiger partial charge is 0.411 e. The van der Waals surface area contributed by atoms with Gasteiger partial charge >= 0.3 is 6.18 Å². The molecule has 1 unspecified atom stereocenters. The van der Waals surface area contributed by atoms with Crippen LogP contribution in [-0.4, -0.2) is 33.5 Å². The molecule has 0 radical (unpaired) electrons. The molecule has 1 N–H and O–H groups in total. The average Bonchev–Trinajstić information content (AvgIpc) is 2.37. The number of hydrogen-bond donors (Lipinski definition) is 1. The number of hydrogen-bond acceptors (Lipinski definition) is 3. The highest BCUT2D eigenvalue weighted by Gasteiger charge is 2.27. The predicted molar refractivity (Wildman–Crippen MR) is 66.2 cm³/mol. The summed E-state index contributed by atoms with van der Waals surface area (Å²) in [6.07, 6.45) is -4.03. The lowest BCUT2D eigenvalue weighted by atomic mass is 10.0. The first-order chi connectivity index (χ1) is 9.37. The maximum Gasteiger partial charge on any atom is 0.411 e. The molecule has 0 aliphatic carbocycles. The monoisotopic (exact) mass is 295 g/mol. The highest BCUT2D eigenvalue weighted by atomic mass is 19.4. The summed E-state index contributed by atoms with van der Waals surface area (Å²) in [6.45, 7) is -1.35. The number of ether oxygens (including phenoxy) is 2. The largest absolute Gasteiger partial charge is 0.494 e. The Balaban J connectivity index is 2.56. The number of alkyl halides is 3. The van der Waals surface area contributed by atoms with E-state index in [1.165, 1.54) is 19.2 Å². The van der Waals surface area contributed by atoms with Gasteiger partial charge in [0.2, 0.25) is 0 Å². The molecule has 0 amide bonds. The Labute approximate surface area is 114 Å². The van der Waals surface area contributed by atoms with Crippen molar-refractivity contribution in [3.63, 3.8) is 0 Å². The summed E-state index contributed by atoms with van der Waals surface area (Å²) in [5, 5.41) is 2.91. The van der Waals surface area contributed by atoms with Gasteiger partial charge in [0.05, 0.1) is 7.11 Å². The van der Waals surface area contributed by atoms with Gasteiger partial charge in [-0.15, -0.1) is 0 Å². The fraction of sp³-hybridized carbons (Fsp3) is 0.538. The number of rotatable bonds is 7. The molecule has 0 aliphatic heterocycles. The van der Waals surface area contributed by atoms with Crippen LogP contribution in [0.2, 0.25) is 0 Å². The van der Waals surface area contributed by atoms with Gasteiger partial charge in [0.25, 0.3) is 0 Å². The lowest BCUT2D eigenvalue weighted by Gasteiger charge is -2.17. The number of nitrogens with one attached hydrogen (secondary N) is 1. The van der Waals surface area contributed by atoms with E-state index in [0.29, 0.717) is 12.0 Å². The molecule has 0 spiro atoms. The van der Waals surface area contributed by atoms with Gasteiger partial charge in [0.1, 0.15) is 6.61 Å². The van der Waals surface area contributed by atoms with E-state index in [1.54, 1.807) is 13.1 Å². The van der Waals surface area contributed by atoms with E-state index < -0.39 is 18.6 Å². The zero-order chi connectivity index (χ0) is 15.2. The molecule has 0 saturated carbocycles. The lowest BCUT2D eigenvalue weighted by Crippen LogP contribution is -2.21. The topological polar surface area (TPSA) is 30.5 Å². The summed E-state index contributed by atoms with van der Waals surface area (Å²) in [4.78, 5) is 0. The molecule has 0 fully saturated rings. The van der Waals surface area contributed by atoms with Crippen LogP contribution in [0.25, 0.3) is 0 Å². The van der Waals surface area contributed by atoms with Gasteiger partial charge in [-0.3, -0.25) is 0 Å². The number of methoxy groups -OCH3 is 1. The Morgan fingerprint density at radius 3 is 2.50 bits per heavy atom. The van der Waals surface area contributed by atoms with Gasteiger partial charge in [-0.25, -0.2) is 4.39 Å². The molecule has 0 aliphatic rings. The van der Waals surface area contributed by atoms with Crippen molar-refractivity contribution in [1.82, 2.24) is 5.32 Å². The minimum atomic E-state index is -4.33. The van der Waals surface area contributed by atoms with E-state index in [9.17, 15) is 17.6 Å². The molecule has 114 valence electrons. The van der Waals surface area contributed by atoms with E-state index in [0.717, 1.165) is 0 Å². The molecule has 0 saturated heterocycles. The minimum absolute atomic E-state index is 0.0708. The minimum Gasteiger partial charge on any atom is -0.494 e. The summed E-state index contributed by atoms with van der Waals surface area (Å²) < 4.78 is 58.7.